The van der Waals surface area contributed by atoms with Gasteiger partial charge in [-0.1, -0.05) is 31.8 Å². The third-order valence-corrected chi connectivity index (χ3v) is 3.93. The smallest absolute Gasteiger partial charge is 0.159 e. The van der Waals surface area contributed by atoms with Crippen LogP contribution >= 0.6 is 0 Å². The van der Waals surface area contributed by atoms with Gasteiger partial charge < -0.3 is 0 Å². The fraction of sp³-hybridized carbons (Fsp3) is 0.786. The molecule has 0 heterocycles. The summed E-state index contributed by atoms with van der Waals surface area (Å²) >= 11 is 0. The van der Waals surface area contributed by atoms with E-state index in [1.54, 1.807) is 5.57 Å². The van der Waals surface area contributed by atoms with Gasteiger partial charge in [-0.2, -0.15) is 0 Å². The van der Waals surface area contributed by atoms with Crippen molar-refractivity contribution in [2.75, 3.05) is 0 Å². The first-order valence-electron chi connectivity index (χ1n) is 6.58. The zero-order valence-corrected chi connectivity index (χ0v) is 9.85. The highest BCUT2D eigenvalue weighted by Crippen LogP contribution is 2.41. The molecule has 1 heteroatoms. The van der Waals surface area contributed by atoms with Crippen LogP contribution in [-0.4, -0.2) is 5.78 Å². The van der Waals surface area contributed by atoms with E-state index >= 15 is 0 Å². The van der Waals surface area contributed by atoms with E-state index in [0.717, 1.165) is 12.8 Å². The molecule has 0 N–H and O–H groups in total. The van der Waals surface area contributed by atoms with Crippen LogP contribution in [-0.2, 0) is 4.79 Å². The summed E-state index contributed by atoms with van der Waals surface area (Å²) in [6.07, 6.45) is 10.8. The maximum Gasteiger partial charge on any atom is 0.159 e. The number of fused-ring (bicyclic) bond motifs is 1. The zero-order valence-electron chi connectivity index (χ0n) is 9.85. The van der Waals surface area contributed by atoms with E-state index in [0.29, 0.717) is 11.7 Å². The summed E-state index contributed by atoms with van der Waals surface area (Å²) in [5, 5.41) is 0. The van der Waals surface area contributed by atoms with E-state index in [1.165, 1.54) is 50.5 Å². The van der Waals surface area contributed by atoms with Crippen molar-refractivity contribution < 1.29 is 4.79 Å². The van der Waals surface area contributed by atoms with Gasteiger partial charge in [-0.05, 0) is 43.6 Å². The molecule has 2 aliphatic carbocycles. The molecule has 0 aliphatic heterocycles. The number of unbranched alkanes of at least 4 members (excludes halogenated alkanes) is 2. The van der Waals surface area contributed by atoms with Crippen LogP contribution in [0.2, 0.25) is 0 Å². The average Bonchev–Trinajstić information content (AvgIpc) is 2.56. The van der Waals surface area contributed by atoms with Gasteiger partial charge in [-0.15, -0.1) is 0 Å². The summed E-state index contributed by atoms with van der Waals surface area (Å²) in [4.78, 5) is 11.9. The summed E-state index contributed by atoms with van der Waals surface area (Å²) in [6, 6.07) is 0. The molecule has 1 nitrogen and oxygen atoms in total. The Hall–Kier alpha value is -0.590. The molecule has 0 bridgehead atoms. The van der Waals surface area contributed by atoms with Gasteiger partial charge in [-0.3, -0.25) is 4.79 Å². The van der Waals surface area contributed by atoms with Crippen molar-refractivity contribution in [3.05, 3.63) is 11.1 Å². The molecular formula is C14H22O. The van der Waals surface area contributed by atoms with Crippen molar-refractivity contribution in [2.45, 2.75) is 64.7 Å². The fourth-order valence-electron chi connectivity index (χ4n) is 3.08. The lowest BCUT2D eigenvalue weighted by atomic mass is 9.85. The molecule has 1 fully saturated rings. The minimum Gasteiger partial charge on any atom is -0.295 e. The number of carbonyl (C=O) groups is 1. The van der Waals surface area contributed by atoms with Crippen molar-refractivity contribution >= 4 is 5.78 Å². The fourth-order valence-corrected chi connectivity index (χ4v) is 3.08. The summed E-state index contributed by atoms with van der Waals surface area (Å²) in [5.41, 5.74) is 2.80. The van der Waals surface area contributed by atoms with Gasteiger partial charge in [0, 0.05) is 6.42 Å². The largest absolute Gasteiger partial charge is 0.295 e. The van der Waals surface area contributed by atoms with Gasteiger partial charge in [0.2, 0.25) is 0 Å². The second-order valence-electron chi connectivity index (χ2n) is 5.03. The highest BCUT2D eigenvalue weighted by Gasteiger charge is 2.32. The first-order valence-corrected chi connectivity index (χ1v) is 6.58. The monoisotopic (exact) mass is 206 g/mol. The van der Waals surface area contributed by atoms with Crippen molar-refractivity contribution in [2.24, 2.45) is 5.92 Å². The van der Waals surface area contributed by atoms with Crippen LogP contribution in [0.5, 0.6) is 0 Å². The first kappa shape index (κ1) is 10.9. The SMILES string of the molecule is CCCCCC1=C2CCCCC2CC1=O. The van der Waals surface area contributed by atoms with Gasteiger partial charge in [0.1, 0.15) is 0 Å². The molecule has 0 aromatic heterocycles. The number of allylic oxidation sites excluding steroid dienone is 2. The van der Waals surface area contributed by atoms with Crippen LogP contribution in [0.4, 0.5) is 0 Å². The Morgan fingerprint density at radius 3 is 2.93 bits per heavy atom. The second-order valence-corrected chi connectivity index (χ2v) is 5.03. The van der Waals surface area contributed by atoms with E-state index < -0.39 is 0 Å². The molecule has 0 aromatic carbocycles. The zero-order chi connectivity index (χ0) is 10.7. The molecule has 84 valence electrons. The topological polar surface area (TPSA) is 17.1 Å². The Labute approximate surface area is 92.9 Å². The van der Waals surface area contributed by atoms with Gasteiger partial charge in [-0.25, -0.2) is 0 Å². The minimum absolute atomic E-state index is 0.480. The number of hydrogen-bond donors (Lipinski definition) is 0. The van der Waals surface area contributed by atoms with Crippen LogP contribution < -0.4 is 0 Å². The van der Waals surface area contributed by atoms with E-state index in [1.807, 2.05) is 0 Å². The number of Topliss-reactive ketones (excluding diaryl/α,β-unsaturated/α-hetero) is 1. The Balaban J connectivity index is 2.01. The number of rotatable bonds is 4. The summed E-state index contributed by atoms with van der Waals surface area (Å²) < 4.78 is 0. The minimum atomic E-state index is 0.480. The quantitative estimate of drug-likeness (QED) is 0.635. The Bertz CT molecular complexity index is 275. The molecule has 0 spiro atoms. The van der Waals surface area contributed by atoms with Crippen LogP contribution in [0.25, 0.3) is 0 Å². The predicted molar refractivity (Wildman–Crippen MR) is 62.8 cm³/mol. The molecule has 1 atom stereocenters. The standard InChI is InChI=1S/C14H22O/c1-2-3-4-9-13-12-8-6-5-7-11(12)10-14(13)15/h11H,2-10H2,1H3. The molecule has 0 aromatic rings. The van der Waals surface area contributed by atoms with Gasteiger partial charge >= 0.3 is 0 Å². The maximum absolute atomic E-state index is 11.9. The maximum atomic E-state index is 11.9. The van der Waals surface area contributed by atoms with Crippen LogP contribution in [0.3, 0.4) is 0 Å². The Morgan fingerprint density at radius 2 is 2.13 bits per heavy atom. The highest BCUT2D eigenvalue weighted by atomic mass is 16.1. The molecule has 1 unspecified atom stereocenters. The van der Waals surface area contributed by atoms with E-state index in [4.69, 9.17) is 0 Å². The number of ketones is 1. The second kappa shape index (κ2) is 4.96. The summed E-state index contributed by atoms with van der Waals surface area (Å²) in [6.45, 7) is 2.22. The lowest BCUT2D eigenvalue weighted by molar-refractivity contribution is -0.115. The summed E-state index contributed by atoms with van der Waals surface area (Å²) in [7, 11) is 0. The lowest BCUT2D eigenvalue weighted by Crippen LogP contribution is -2.06. The van der Waals surface area contributed by atoms with E-state index in [9.17, 15) is 4.79 Å². The van der Waals surface area contributed by atoms with Gasteiger partial charge in [0.15, 0.2) is 5.78 Å². The van der Waals surface area contributed by atoms with Crippen molar-refractivity contribution in [3.63, 3.8) is 0 Å². The third-order valence-electron chi connectivity index (χ3n) is 3.93. The van der Waals surface area contributed by atoms with Crippen molar-refractivity contribution in [3.8, 4) is 0 Å². The normalized spacial score (nSPS) is 25.9. The van der Waals surface area contributed by atoms with E-state index in [2.05, 4.69) is 6.92 Å². The molecule has 0 amide bonds. The third kappa shape index (κ3) is 2.32. The molecule has 15 heavy (non-hydrogen) atoms. The van der Waals surface area contributed by atoms with Crippen LogP contribution in [0, 0.1) is 5.92 Å². The van der Waals surface area contributed by atoms with E-state index in [-0.39, 0.29) is 0 Å². The van der Waals surface area contributed by atoms with Crippen molar-refractivity contribution in [1.29, 1.82) is 0 Å². The van der Waals surface area contributed by atoms with Crippen LogP contribution in [0.1, 0.15) is 64.7 Å². The molecule has 2 aliphatic rings. The lowest BCUT2D eigenvalue weighted by Gasteiger charge is -2.20. The molecule has 0 saturated heterocycles. The predicted octanol–water partition coefficient (Wildman–Crippen LogP) is 4.03. The Kier molecular flexibility index (Phi) is 3.61. The molecule has 0 radical (unpaired) electrons. The number of hydrogen-bond acceptors (Lipinski definition) is 1. The average molecular weight is 206 g/mol. The summed E-state index contributed by atoms with van der Waals surface area (Å²) in [5.74, 6) is 1.14. The van der Waals surface area contributed by atoms with Crippen molar-refractivity contribution in [1.82, 2.24) is 0 Å². The van der Waals surface area contributed by atoms with Gasteiger partial charge in [0.05, 0.1) is 0 Å². The molecule has 1 saturated carbocycles. The first-order chi connectivity index (χ1) is 7.33. The van der Waals surface area contributed by atoms with Crippen LogP contribution in [0.15, 0.2) is 11.1 Å². The molecule has 2 rings (SSSR count). The number of carbonyl (C=O) groups excluding carboxylic acids is 1. The Morgan fingerprint density at radius 1 is 1.27 bits per heavy atom. The van der Waals surface area contributed by atoms with Gasteiger partial charge in [0.25, 0.3) is 0 Å². The highest BCUT2D eigenvalue weighted by molar-refractivity contribution is 5.99. The molecular weight excluding hydrogens is 184 g/mol.